The number of ketones is 1. The minimum atomic E-state index is -0.758. The van der Waals surface area contributed by atoms with E-state index in [0.717, 1.165) is 41.3 Å². The molecule has 1 fully saturated rings. The van der Waals surface area contributed by atoms with E-state index in [0.29, 0.717) is 55.4 Å². The first-order valence-corrected chi connectivity index (χ1v) is 14.0. The van der Waals surface area contributed by atoms with E-state index in [4.69, 9.17) is 14.2 Å². The van der Waals surface area contributed by atoms with E-state index in [1.54, 1.807) is 30.6 Å². The second kappa shape index (κ2) is 12.0. The molecule has 2 aromatic heterocycles. The van der Waals surface area contributed by atoms with Crippen LogP contribution in [-0.4, -0.2) is 52.3 Å². The number of nitrogens with zero attached hydrogens (tertiary/aromatic N) is 2. The van der Waals surface area contributed by atoms with E-state index in [9.17, 15) is 14.7 Å². The highest BCUT2D eigenvalue weighted by Crippen LogP contribution is 2.33. The molecule has 2 atom stereocenters. The topological polar surface area (TPSA) is 99.9 Å². The van der Waals surface area contributed by atoms with Crippen molar-refractivity contribution in [3.8, 4) is 11.5 Å². The summed E-state index contributed by atoms with van der Waals surface area (Å²) in [5.74, 6) is 0.00115. The Labute approximate surface area is 238 Å². The predicted molar refractivity (Wildman–Crippen MR) is 154 cm³/mol. The molecule has 1 saturated carbocycles. The smallest absolute Gasteiger partial charge is 0.309 e. The molecule has 2 aliphatic rings. The van der Waals surface area contributed by atoms with Gasteiger partial charge in [0.15, 0.2) is 17.3 Å². The summed E-state index contributed by atoms with van der Waals surface area (Å²) in [6.45, 7) is 2.05. The van der Waals surface area contributed by atoms with Crippen molar-refractivity contribution in [1.29, 1.82) is 0 Å². The van der Waals surface area contributed by atoms with Crippen LogP contribution in [-0.2, 0) is 22.5 Å². The van der Waals surface area contributed by atoms with Crippen LogP contribution in [0.25, 0.3) is 17.0 Å². The van der Waals surface area contributed by atoms with Crippen LogP contribution >= 0.6 is 0 Å². The van der Waals surface area contributed by atoms with Crippen molar-refractivity contribution in [3.05, 3.63) is 95.5 Å². The Morgan fingerprint density at radius 1 is 1.07 bits per heavy atom. The number of ether oxygens (including phenoxy) is 3. The third-order valence-corrected chi connectivity index (χ3v) is 7.79. The van der Waals surface area contributed by atoms with Gasteiger partial charge in [-0.05, 0) is 61.1 Å². The van der Waals surface area contributed by atoms with Gasteiger partial charge in [0, 0.05) is 41.6 Å². The monoisotopic (exact) mass is 552 g/mol. The third-order valence-electron chi connectivity index (χ3n) is 7.79. The second-order valence-corrected chi connectivity index (χ2v) is 10.5. The number of allylic oxidation sites excluding steroid dienone is 1. The number of pyridine rings is 1. The maximum atomic E-state index is 13.5. The van der Waals surface area contributed by atoms with Crippen LogP contribution in [0.1, 0.15) is 46.3 Å². The number of aliphatic carboxylic acids is 1. The Morgan fingerprint density at radius 3 is 2.83 bits per heavy atom. The zero-order valence-electron chi connectivity index (χ0n) is 22.7. The summed E-state index contributed by atoms with van der Waals surface area (Å²) in [7, 11) is 0. The largest absolute Gasteiger partial charge is 0.486 e. The van der Waals surface area contributed by atoms with Gasteiger partial charge in [-0.3, -0.25) is 14.6 Å². The van der Waals surface area contributed by atoms with Crippen molar-refractivity contribution in [2.24, 2.45) is 5.92 Å². The van der Waals surface area contributed by atoms with Gasteiger partial charge in [0.2, 0.25) is 0 Å². The Bertz CT molecular complexity index is 1610. The van der Waals surface area contributed by atoms with Crippen LogP contribution in [0, 0.1) is 5.92 Å². The van der Waals surface area contributed by atoms with Crippen LogP contribution < -0.4 is 9.47 Å². The molecule has 2 aromatic carbocycles. The molecular formula is C33H32N2O6. The number of benzene rings is 2. The summed E-state index contributed by atoms with van der Waals surface area (Å²) in [4.78, 5) is 29.2. The molecule has 41 heavy (non-hydrogen) atoms. The van der Waals surface area contributed by atoms with Crippen LogP contribution in [0.2, 0.25) is 0 Å². The predicted octanol–water partition coefficient (Wildman–Crippen LogP) is 5.56. The quantitative estimate of drug-likeness (QED) is 0.257. The molecule has 1 aliphatic carbocycles. The highest BCUT2D eigenvalue weighted by molar-refractivity contribution is 6.16. The highest BCUT2D eigenvalue weighted by Gasteiger charge is 2.33. The summed E-state index contributed by atoms with van der Waals surface area (Å²) in [6.07, 6.45) is 12.4. The van der Waals surface area contributed by atoms with Gasteiger partial charge < -0.3 is 23.9 Å². The summed E-state index contributed by atoms with van der Waals surface area (Å²) in [5.41, 5.74) is 4.27. The Balaban J connectivity index is 1.13. The van der Waals surface area contributed by atoms with Crippen molar-refractivity contribution < 1.29 is 28.9 Å². The average Bonchev–Trinajstić information content (AvgIpc) is 3.62. The Kier molecular flexibility index (Phi) is 7.82. The third kappa shape index (κ3) is 5.88. The van der Waals surface area contributed by atoms with Crippen LogP contribution in [0.4, 0.5) is 0 Å². The van der Waals surface area contributed by atoms with Crippen LogP contribution in [0.15, 0.2) is 73.2 Å². The lowest BCUT2D eigenvalue weighted by Crippen LogP contribution is -2.26. The lowest BCUT2D eigenvalue weighted by molar-refractivity contribution is -0.146. The standard InChI is InChI=1S/C33H32N2O6/c36-32(24-9-10-30-31(19-24)41-17-16-40-30)27-21-35(28-11-13-34-20-26(27)28)14-3-6-22-4-1-5-23(18-22)12-15-39-29-8-2-7-25(29)33(37)38/h1,3-6,9-11,13,18-21,25,29H,2,7-8,12,14-17H2,(H,37,38). The molecule has 1 N–H and O–H groups in total. The van der Waals surface area contributed by atoms with Gasteiger partial charge in [-0.15, -0.1) is 0 Å². The number of rotatable bonds is 10. The molecule has 4 aromatic rings. The first kappa shape index (κ1) is 26.8. The van der Waals surface area contributed by atoms with E-state index in [2.05, 4.69) is 33.8 Å². The minimum absolute atomic E-state index is 0.0927. The molecule has 3 heterocycles. The van der Waals surface area contributed by atoms with Crippen molar-refractivity contribution in [2.75, 3.05) is 19.8 Å². The summed E-state index contributed by atoms with van der Waals surface area (Å²) in [5, 5.41) is 10.2. The number of carbonyl (C=O) groups is 2. The number of carbonyl (C=O) groups excluding carboxylic acids is 1. The zero-order valence-corrected chi connectivity index (χ0v) is 22.7. The average molecular weight is 553 g/mol. The number of fused-ring (bicyclic) bond motifs is 2. The molecule has 1 aliphatic heterocycles. The van der Waals surface area contributed by atoms with Crippen molar-refractivity contribution in [2.45, 2.75) is 38.3 Å². The molecule has 0 amide bonds. The summed E-state index contributed by atoms with van der Waals surface area (Å²) < 4.78 is 19.3. The van der Waals surface area contributed by atoms with Gasteiger partial charge >= 0.3 is 5.97 Å². The first-order chi connectivity index (χ1) is 20.1. The van der Waals surface area contributed by atoms with Gasteiger partial charge in [0.1, 0.15) is 13.2 Å². The molecule has 2 unspecified atom stereocenters. The van der Waals surface area contributed by atoms with E-state index in [1.807, 2.05) is 24.4 Å². The number of carboxylic acids is 1. The van der Waals surface area contributed by atoms with Crippen molar-refractivity contribution >= 4 is 28.7 Å². The number of hydrogen-bond donors (Lipinski definition) is 1. The molecule has 8 nitrogen and oxygen atoms in total. The molecule has 0 radical (unpaired) electrons. The van der Waals surface area contributed by atoms with Gasteiger partial charge in [-0.2, -0.15) is 0 Å². The maximum absolute atomic E-state index is 13.5. The highest BCUT2D eigenvalue weighted by atomic mass is 16.6. The summed E-state index contributed by atoms with van der Waals surface area (Å²) >= 11 is 0. The fourth-order valence-corrected chi connectivity index (χ4v) is 5.70. The fraction of sp³-hybridized carbons (Fsp3) is 0.303. The Morgan fingerprint density at radius 2 is 1.95 bits per heavy atom. The van der Waals surface area contributed by atoms with E-state index >= 15 is 0 Å². The second-order valence-electron chi connectivity index (χ2n) is 10.5. The normalized spacial score (nSPS) is 18.2. The fourth-order valence-electron chi connectivity index (χ4n) is 5.70. The lowest BCUT2D eigenvalue weighted by atomic mass is 10.0. The van der Waals surface area contributed by atoms with Gasteiger partial charge in [-0.1, -0.05) is 36.4 Å². The number of hydrogen-bond acceptors (Lipinski definition) is 6. The van der Waals surface area contributed by atoms with Gasteiger partial charge in [0.05, 0.1) is 24.1 Å². The van der Waals surface area contributed by atoms with Crippen LogP contribution in [0.5, 0.6) is 11.5 Å². The molecule has 8 heteroatoms. The Hall–Kier alpha value is -4.43. The molecule has 6 rings (SSSR count). The minimum Gasteiger partial charge on any atom is -0.486 e. The first-order valence-electron chi connectivity index (χ1n) is 14.0. The van der Waals surface area contributed by atoms with E-state index < -0.39 is 5.97 Å². The molecule has 0 saturated heterocycles. The molecule has 210 valence electrons. The molecular weight excluding hydrogens is 520 g/mol. The van der Waals surface area contributed by atoms with Gasteiger partial charge in [0.25, 0.3) is 0 Å². The maximum Gasteiger partial charge on any atom is 0.309 e. The van der Waals surface area contributed by atoms with E-state index in [1.165, 1.54) is 0 Å². The van der Waals surface area contributed by atoms with Crippen LogP contribution in [0.3, 0.4) is 0 Å². The zero-order chi connectivity index (χ0) is 28.2. The van der Waals surface area contributed by atoms with Crippen molar-refractivity contribution in [3.63, 3.8) is 0 Å². The number of aromatic nitrogens is 2. The van der Waals surface area contributed by atoms with Crippen molar-refractivity contribution in [1.82, 2.24) is 9.55 Å². The lowest BCUT2D eigenvalue weighted by Gasteiger charge is -2.18. The number of carboxylic acid groups (broad SMARTS) is 1. The van der Waals surface area contributed by atoms with E-state index in [-0.39, 0.29) is 17.8 Å². The molecule has 0 bridgehead atoms. The summed E-state index contributed by atoms with van der Waals surface area (Å²) in [6, 6.07) is 15.5. The molecule has 0 spiro atoms. The van der Waals surface area contributed by atoms with Gasteiger partial charge in [-0.25, -0.2) is 0 Å². The SMILES string of the molecule is O=C(c1ccc2c(c1)OCCO2)c1cn(CC=Cc2cccc(CCOC3CCCC3C(=O)O)c2)c2ccncc12.